The lowest BCUT2D eigenvalue weighted by Crippen LogP contribution is -2.37. The summed E-state index contributed by atoms with van der Waals surface area (Å²) in [4.78, 5) is 29.8. The number of nitrogens with one attached hydrogen (secondary N) is 2. The first kappa shape index (κ1) is 15.5. The van der Waals surface area contributed by atoms with E-state index in [0.717, 1.165) is 24.6 Å². The monoisotopic (exact) mass is 330 g/mol. The molecule has 2 heterocycles. The van der Waals surface area contributed by atoms with Crippen molar-refractivity contribution in [1.82, 2.24) is 10.3 Å². The van der Waals surface area contributed by atoms with E-state index >= 15 is 0 Å². The van der Waals surface area contributed by atoms with E-state index in [0.29, 0.717) is 11.3 Å². The molecule has 1 fully saturated rings. The standard InChI is InChI=1S/C16H18N4O2S/c1-11(21)18-13-4-2-12(3-5-13)15(22)19-14-6-8-20(10-14)16-17-7-9-23-16/h2-5,7,9,14H,6,8,10H2,1H3,(H,18,21)(H,19,22)/t14-/m0/s1. The summed E-state index contributed by atoms with van der Waals surface area (Å²) in [6, 6.07) is 7.02. The molecule has 1 atom stereocenters. The van der Waals surface area contributed by atoms with Gasteiger partial charge in [-0.05, 0) is 30.7 Å². The van der Waals surface area contributed by atoms with Crippen LogP contribution in [0, 0.1) is 0 Å². The molecule has 0 aliphatic carbocycles. The van der Waals surface area contributed by atoms with E-state index in [1.165, 1.54) is 6.92 Å². The Morgan fingerprint density at radius 3 is 2.74 bits per heavy atom. The van der Waals surface area contributed by atoms with E-state index in [9.17, 15) is 9.59 Å². The van der Waals surface area contributed by atoms with Gasteiger partial charge in [-0.3, -0.25) is 9.59 Å². The third-order valence-electron chi connectivity index (χ3n) is 3.68. The summed E-state index contributed by atoms with van der Waals surface area (Å²) >= 11 is 1.61. The van der Waals surface area contributed by atoms with Crippen LogP contribution in [0.15, 0.2) is 35.8 Å². The summed E-state index contributed by atoms with van der Waals surface area (Å²) in [7, 11) is 0. The van der Waals surface area contributed by atoms with Crippen molar-refractivity contribution in [3.05, 3.63) is 41.4 Å². The first-order valence-electron chi connectivity index (χ1n) is 7.45. The Bertz CT molecular complexity index is 685. The van der Waals surface area contributed by atoms with E-state index < -0.39 is 0 Å². The number of anilines is 2. The third kappa shape index (κ3) is 3.87. The van der Waals surface area contributed by atoms with Crippen molar-refractivity contribution in [1.29, 1.82) is 0 Å². The fraction of sp³-hybridized carbons (Fsp3) is 0.312. The lowest BCUT2D eigenvalue weighted by atomic mass is 10.1. The number of aromatic nitrogens is 1. The van der Waals surface area contributed by atoms with Gasteiger partial charge in [0.25, 0.3) is 5.91 Å². The van der Waals surface area contributed by atoms with Crippen molar-refractivity contribution in [2.45, 2.75) is 19.4 Å². The summed E-state index contributed by atoms with van der Waals surface area (Å²) in [6.07, 6.45) is 2.71. The highest BCUT2D eigenvalue weighted by molar-refractivity contribution is 7.13. The molecule has 2 amide bonds. The van der Waals surface area contributed by atoms with Crippen LogP contribution in [0.4, 0.5) is 10.8 Å². The van der Waals surface area contributed by atoms with E-state index in [-0.39, 0.29) is 17.9 Å². The summed E-state index contributed by atoms with van der Waals surface area (Å²) in [5, 5.41) is 8.70. The van der Waals surface area contributed by atoms with Crippen LogP contribution in [0.3, 0.4) is 0 Å². The summed E-state index contributed by atoms with van der Waals surface area (Å²) in [6.45, 7) is 3.14. The van der Waals surface area contributed by atoms with E-state index in [1.54, 1.807) is 41.8 Å². The number of hydrogen-bond acceptors (Lipinski definition) is 5. The first-order valence-corrected chi connectivity index (χ1v) is 8.33. The molecule has 0 radical (unpaired) electrons. The predicted molar refractivity (Wildman–Crippen MR) is 90.9 cm³/mol. The molecule has 23 heavy (non-hydrogen) atoms. The van der Waals surface area contributed by atoms with Gasteiger partial charge in [-0.25, -0.2) is 4.98 Å². The van der Waals surface area contributed by atoms with Crippen LogP contribution >= 0.6 is 11.3 Å². The largest absolute Gasteiger partial charge is 0.347 e. The van der Waals surface area contributed by atoms with Gasteiger partial charge in [-0.2, -0.15) is 0 Å². The molecule has 1 aliphatic heterocycles. The Morgan fingerprint density at radius 1 is 1.30 bits per heavy atom. The van der Waals surface area contributed by atoms with Crippen LogP contribution < -0.4 is 15.5 Å². The molecule has 1 saturated heterocycles. The molecule has 2 aromatic rings. The van der Waals surface area contributed by atoms with Crippen molar-refractivity contribution in [2.24, 2.45) is 0 Å². The highest BCUT2D eigenvalue weighted by Crippen LogP contribution is 2.22. The highest BCUT2D eigenvalue weighted by atomic mass is 32.1. The van der Waals surface area contributed by atoms with Gasteiger partial charge < -0.3 is 15.5 Å². The number of thiazole rings is 1. The lowest BCUT2D eigenvalue weighted by molar-refractivity contribution is -0.114. The van der Waals surface area contributed by atoms with Gasteiger partial charge in [-0.1, -0.05) is 0 Å². The molecule has 0 bridgehead atoms. The number of hydrogen-bond donors (Lipinski definition) is 2. The summed E-state index contributed by atoms with van der Waals surface area (Å²) in [5.41, 5.74) is 1.27. The fourth-order valence-electron chi connectivity index (χ4n) is 2.60. The average molecular weight is 330 g/mol. The van der Waals surface area contributed by atoms with Gasteiger partial charge in [0.05, 0.1) is 0 Å². The zero-order valence-electron chi connectivity index (χ0n) is 12.8. The number of benzene rings is 1. The molecule has 1 aliphatic rings. The Morgan fingerprint density at radius 2 is 2.09 bits per heavy atom. The minimum absolute atomic E-state index is 0.0923. The van der Waals surface area contributed by atoms with Gasteiger partial charge in [0.15, 0.2) is 5.13 Å². The third-order valence-corrected chi connectivity index (χ3v) is 4.51. The normalized spacial score (nSPS) is 17.1. The molecule has 3 rings (SSSR count). The van der Waals surface area contributed by atoms with Gasteiger partial charge >= 0.3 is 0 Å². The molecule has 0 saturated carbocycles. The smallest absolute Gasteiger partial charge is 0.251 e. The van der Waals surface area contributed by atoms with Crippen LogP contribution in [0.25, 0.3) is 0 Å². The number of nitrogens with zero attached hydrogens (tertiary/aromatic N) is 2. The van der Waals surface area contributed by atoms with Crippen LogP contribution in [0.1, 0.15) is 23.7 Å². The highest BCUT2D eigenvalue weighted by Gasteiger charge is 2.25. The Balaban J connectivity index is 1.56. The van der Waals surface area contributed by atoms with Crippen LogP contribution in [0.2, 0.25) is 0 Å². The number of rotatable bonds is 4. The predicted octanol–water partition coefficient (Wildman–Crippen LogP) is 2.11. The second kappa shape index (κ2) is 6.78. The maximum absolute atomic E-state index is 12.3. The minimum Gasteiger partial charge on any atom is -0.347 e. The molecular weight excluding hydrogens is 312 g/mol. The molecular formula is C16H18N4O2S. The van der Waals surface area contributed by atoms with Crippen LogP contribution in [-0.4, -0.2) is 35.9 Å². The van der Waals surface area contributed by atoms with Crippen molar-refractivity contribution < 1.29 is 9.59 Å². The van der Waals surface area contributed by atoms with Crippen LogP contribution in [0.5, 0.6) is 0 Å². The minimum atomic E-state index is -0.129. The second-order valence-electron chi connectivity index (χ2n) is 5.48. The molecule has 6 nitrogen and oxygen atoms in total. The number of carbonyl (C=O) groups is 2. The molecule has 2 N–H and O–H groups in total. The summed E-state index contributed by atoms with van der Waals surface area (Å²) in [5.74, 6) is -0.221. The molecule has 7 heteroatoms. The number of amides is 2. The number of carbonyl (C=O) groups excluding carboxylic acids is 2. The van der Waals surface area contributed by atoms with E-state index in [1.807, 2.05) is 5.38 Å². The zero-order valence-corrected chi connectivity index (χ0v) is 13.6. The van der Waals surface area contributed by atoms with Crippen molar-refractivity contribution >= 4 is 34.0 Å². The Hall–Kier alpha value is -2.41. The summed E-state index contributed by atoms with van der Waals surface area (Å²) < 4.78 is 0. The second-order valence-corrected chi connectivity index (χ2v) is 6.35. The molecule has 120 valence electrons. The SMILES string of the molecule is CC(=O)Nc1ccc(C(=O)N[C@H]2CCN(c3nccs3)C2)cc1. The first-order chi connectivity index (χ1) is 11.1. The maximum atomic E-state index is 12.3. The van der Waals surface area contributed by atoms with Gasteiger partial charge in [0.1, 0.15) is 0 Å². The van der Waals surface area contributed by atoms with Gasteiger partial charge in [-0.15, -0.1) is 11.3 Å². The Kier molecular flexibility index (Phi) is 4.57. The van der Waals surface area contributed by atoms with Crippen LogP contribution in [-0.2, 0) is 4.79 Å². The van der Waals surface area contributed by atoms with E-state index in [2.05, 4.69) is 20.5 Å². The zero-order chi connectivity index (χ0) is 16.2. The molecule has 1 aromatic carbocycles. The van der Waals surface area contributed by atoms with Gasteiger partial charge in [0, 0.05) is 48.9 Å². The molecule has 1 aromatic heterocycles. The van der Waals surface area contributed by atoms with Gasteiger partial charge in [0.2, 0.25) is 5.91 Å². The van der Waals surface area contributed by atoms with E-state index in [4.69, 9.17) is 0 Å². The maximum Gasteiger partial charge on any atom is 0.251 e. The quantitative estimate of drug-likeness (QED) is 0.900. The van der Waals surface area contributed by atoms with Crippen molar-refractivity contribution in [2.75, 3.05) is 23.3 Å². The Labute approximate surface area is 138 Å². The molecule has 0 unspecified atom stereocenters. The van der Waals surface area contributed by atoms with Crippen molar-refractivity contribution in [3.8, 4) is 0 Å². The fourth-order valence-corrected chi connectivity index (χ4v) is 3.28. The average Bonchev–Trinajstić information content (AvgIpc) is 3.18. The lowest BCUT2D eigenvalue weighted by Gasteiger charge is -2.16. The molecule has 0 spiro atoms. The topological polar surface area (TPSA) is 74.3 Å². The van der Waals surface area contributed by atoms with Crippen molar-refractivity contribution in [3.63, 3.8) is 0 Å².